The van der Waals surface area contributed by atoms with Crippen LogP contribution in [0.2, 0.25) is 0 Å². The van der Waals surface area contributed by atoms with Gasteiger partial charge in [-0.05, 0) is 52.3 Å². The fourth-order valence-electron chi connectivity index (χ4n) is 1.75. The van der Waals surface area contributed by atoms with Crippen molar-refractivity contribution in [2.75, 3.05) is 16.6 Å². The predicted octanol–water partition coefficient (Wildman–Crippen LogP) is 2.94. The lowest BCUT2D eigenvalue weighted by molar-refractivity contribution is -0.118. The third-order valence-corrected chi connectivity index (χ3v) is 5.59. The van der Waals surface area contributed by atoms with Crippen molar-refractivity contribution in [2.24, 2.45) is 0 Å². The molecule has 0 radical (unpaired) electrons. The normalized spacial score (nSPS) is 11.1. The molecule has 0 aromatic heterocycles. The minimum Gasteiger partial charge on any atom is -0.387 e. The Hall–Kier alpha value is -1.42. The smallest absolute Gasteiger partial charge is 0.263 e. The van der Waals surface area contributed by atoms with E-state index in [1.165, 1.54) is 12.1 Å². The molecule has 0 aliphatic heterocycles. The van der Waals surface area contributed by atoms with Gasteiger partial charge in [0.05, 0.1) is 5.69 Å². The zero-order valence-electron chi connectivity index (χ0n) is 11.6. The summed E-state index contributed by atoms with van der Waals surface area (Å²) in [7, 11) is -3.81. The van der Waals surface area contributed by atoms with E-state index >= 15 is 0 Å². The van der Waals surface area contributed by atoms with E-state index in [2.05, 4.69) is 41.9 Å². The zero-order valence-corrected chi connectivity index (χ0v) is 15.6. The number of hydrogen-bond acceptors (Lipinski definition) is 4. The van der Waals surface area contributed by atoms with E-state index in [1.807, 2.05) is 0 Å². The summed E-state index contributed by atoms with van der Waals surface area (Å²) in [5.74, 6) is -0.584. The molecule has 2 aromatic rings. The third kappa shape index (κ3) is 4.77. The van der Waals surface area contributed by atoms with Crippen LogP contribution < -0.4 is 10.0 Å². The standard InChI is InChI=1S/C14H12Br2N2O4S/c15-9-4-5-12(16)13(6-9)23(21,22)18-11-3-1-2-10(7-11)17-14(20)8-19/h1-7,18-19H,8H2,(H,17,20). The molecular weight excluding hydrogens is 452 g/mol. The van der Waals surface area contributed by atoms with Gasteiger partial charge in [-0.2, -0.15) is 0 Å². The van der Waals surface area contributed by atoms with Crippen LogP contribution in [0.5, 0.6) is 0 Å². The lowest BCUT2D eigenvalue weighted by Gasteiger charge is -2.11. The highest BCUT2D eigenvalue weighted by Gasteiger charge is 2.18. The Bertz CT molecular complexity index is 840. The lowest BCUT2D eigenvalue weighted by atomic mass is 10.3. The molecule has 0 saturated carbocycles. The molecule has 0 spiro atoms. The van der Waals surface area contributed by atoms with E-state index in [-0.39, 0.29) is 10.6 Å². The first-order valence-electron chi connectivity index (χ1n) is 6.30. The van der Waals surface area contributed by atoms with Crippen LogP contribution in [0.3, 0.4) is 0 Å². The highest BCUT2D eigenvalue weighted by Crippen LogP contribution is 2.28. The van der Waals surface area contributed by atoms with Gasteiger partial charge in [0.25, 0.3) is 10.0 Å². The van der Waals surface area contributed by atoms with Crippen molar-refractivity contribution < 1.29 is 18.3 Å². The summed E-state index contributed by atoms with van der Waals surface area (Å²) in [5.41, 5.74) is 0.658. The largest absolute Gasteiger partial charge is 0.387 e. The lowest BCUT2D eigenvalue weighted by Crippen LogP contribution is -2.16. The summed E-state index contributed by atoms with van der Waals surface area (Å²) in [6, 6.07) is 11.0. The van der Waals surface area contributed by atoms with Crippen LogP contribution in [0, 0.1) is 0 Å². The van der Waals surface area contributed by atoms with Gasteiger partial charge in [-0.15, -0.1) is 0 Å². The Morgan fingerprint density at radius 3 is 2.48 bits per heavy atom. The minimum atomic E-state index is -3.81. The number of benzene rings is 2. The molecular formula is C14H12Br2N2O4S. The molecule has 0 saturated heterocycles. The third-order valence-electron chi connectivity index (χ3n) is 2.72. The van der Waals surface area contributed by atoms with Gasteiger partial charge in [-0.3, -0.25) is 9.52 Å². The molecule has 0 aliphatic rings. The fraction of sp³-hybridized carbons (Fsp3) is 0.0714. The van der Waals surface area contributed by atoms with Gasteiger partial charge in [-0.25, -0.2) is 8.42 Å². The van der Waals surface area contributed by atoms with E-state index in [0.717, 1.165) is 0 Å². The molecule has 2 rings (SSSR count). The summed E-state index contributed by atoms with van der Waals surface area (Å²) in [6.07, 6.45) is 0. The molecule has 1 amide bonds. The Morgan fingerprint density at radius 1 is 1.09 bits per heavy atom. The molecule has 9 heteroatoms. The van der Waals surface area contributed by atoms with E-state index in [4.69, 9.17) is 5.11 Å². The summed E-state index contributed by atoms with van der Waals surface area (Å²) in [4.78, 5) is 11.3. The number of carbonyl (C=O) groups is 1. The van der Waals surface area contributed by atoms with Crippen LogP contribution in [0.15, 0.2) is 56.3 Å². The Kier molecular flexibility index (Phi) is 5.79. The number of rotatable bonds is 5. The first-order valence-corrected chi connectivity index (χ1v) is 9.37. The van der Waals surface area contributed by atoms with Crippen molar-refractivity contribution in [1.82, 2.24) is 0 Å². The summed E-state index contributed by atoms with van der Waals surface area (Å²) >= 11 is 6.45. The maximum atomic E-state index is 12.5. The summed E-state index contributed by atoms with van der Waals surface area (Å²) in [5, 5.41) is 11.2. The molecule has 6 nitrogen and oxygen atoms in total. The number of nitrogens with one attached hydrogen (secondary N) is 2. The van der Waals surface area contributed by atoms with E-state index in [9.17, 15) is 13.2 Å². The van der Waals surface area contributed by atoms with Gasteiger partial charge in [0.15, 0.2) is 0 Å². The average molecular weight is 464 g/mol. The number of hydrogen-bond donors (Lipinski definition) is 3. The van der Waals surface area contributed by atoms with Crippen LogP contribution in [0.25, 0.3) is 0 Å². The first-order chi connectivity index (χ1) is 10.8. The molecule has 0 unspecified atom stereocenters. The minimum absolute atomic E-state index is 0.0803. The van der Waals surface area contributed by atoms with Crippen molar-refractivity contribution in [2.45, 2.75) is 4.90 Å². The number of halogens is 2. The van der Waals surface area contributed by atoms with Gasteiger partial charge >= 0.3 is 0 Å². The number of sulfonamides is 1. The molecule has 0 fully saturated rings. The highest BCUT2D eigenvalue weighted by molar-refractivity contribution is 9.11. The fourth-order valence-corrected chi connectivity index (χ4v) is 4.31. The second kappa shape index (κ2) is 7.43. The summed E-state index contributed by atoms with van der Waals surface area (Å²) < 4.78 is 28.5. The van der Waals surface area contributed by atoms with Crippen LogP contribution in [0.4, 0.5) is 11.4 Å². The second-order valence-electron chi connectivity index (χ2n) is 4.47. The number of aliphatic hydroxyl groups is 1. The van der Waals surface area contributed by atoms with Crippen LogP contribution in [-0.4, -0.2) is 26.0 Å². The number of anilines is 2. The van der Waals surface area contributed by atoms with Crippen molar-refractivity contribution in [1.29, 1.82) is 0 Å². The second-order valence-corrected chi connectivity index (χ2v) is 7.89. The maximum Gasteiger partial charge on any atom is 0.263 e. The number of amides is 1. The number of carbonyl (C=O) groups excluding carboxylic acids is 1. The Balaban J connectivity index is 2.29. The topological polar surface area (TPSA) is 95.5 Å². The van der Waals surface area contributed by atoms with Crippen molar-refractivity contribution in [3.8, 4) is 0 Å². The molecule has 0 bridgehead atoms. The first kappa shape index (κ1) is 17.9. The SMILES string of the molecule is O=C(CO)Nc1cccc(NS(=O)(=O)c2cc(Br)ccc2Br)c1. The molecule has 0 heterocycles. The van der Waals surface area contributed by atoms with Gasteiger partial charge in [0.2, 0.25) is 5.91 Å². The van der Waals surface area contributed by atoms with Crippen molar-refractivity contribution in [3.05, 3.63) is 51.4 Å². The predicted molar refractivity (Wildman–Crippen MR) is 94.8 cm³/mol. The van der Waals surface area contributed by atoms with Gasteiger partial charge in [0.1, 0.15) is 11.5 Å². The van der Waals surface area contributed by atoms with E-state index in [0.29, 0.717) is 14.6 Å². The zero-order chi connectivity index (χ0) is 17.0. The van der Waals surface area contributed by atoms with Crippen molar-refractivity contribution in [3.63, 3.8) is 0 Å². The average Bonchev–Trinajstić information content (AvgIpc) is 2.49. The van der Waals surface area contributed by atoms with E-state index in [1.54, 1.807) is 30.3 Å². The Morgan fingerprint density at radius 2 is 1.78 bits per heavy atom. The van der Waals surface area contributed by atoms with Gasteiger partial charge in [-0.1, -0.05) is 22.0 Å². The number of aliphatic hydroxyl groups excluding tert-OH is 1. The quantitative estimate of drug-likeness (QED) is 0.635. The molecule has 0 atom stereocenters. The maximum absolute atomic E-state index is 12.5. The van der Waals surface area contributed by atoms with Crippen molar-refractivity contribution >= 4 is 59.2 Å². The molecule has 23 heavy (non-hydrogen) atoms. The molecule has 122 valence electrons. The molecule has 0 aliphatic carbocycles. The van der Waals surface area contributed by atoms with Gasteiger partial charge in [0, 0.05) is 14.6 Å². The van der Waals surface area contributed by atoms with Gasteiger partial charge < -0.3 is 10.4 Å². The van der Waals surface area contributed by atoms with E-state index < -0.39 is 22.5 Å². The van der Waals surface area contributed by atoms with Crippen LogP contribution in [0.1, 0.15) is 0 Å². The monoisotopic (exact) mass is 462 g/mol. The Labute approximate surface area is 150 Å². The van der Waals surface area contributed by atoms with Crippen LogP contribution in [-0.2, 0) is 14.8 Å². The molecule has 3 N–H and O–H groups in total. The molecule has 2 aromatic carbocycles. The van der Waals surface area contributed by atoms with Crippen LogP contribution >= 0.6 is 31.9 Å². The highest BCUT2D eigenvalue weighted by atomic mass is 79.9. The summed E-state index contributed by atoms with van der Waals surface area (Å²) in [6.45, 7) is -0.652.